The van der Waals surface area contributed by atoms with Gasteiger partial charge in [-0.3, -0.25) is 4.79 Å². The van der Waals surface area contributed by atoms with Crippen molar-refractivity contribution in [2.24, 2.45) is 4.99 Å². The molecule has 0 saturated carbocycles. The van der Waals surface area contributed by atoms with E-state index < -0.39 is 35.9 Å². The third-order valence-corrected chi connectivity index (χ3v) is 4.64. The fraction of sp³-hybridized carbons (Fsp3) is 0.238. The molecule has 1 heterocycles. The second-order valence-electron chi connectivity index (χ2n) is 6.64. The summed E-state index contributed by atoms with van der Waals surface area (Å²) in [6.45, 7) is 1.44. The van der Waals surface area contributed by atoms with Crippen LogP contribution in [0.4, 0.5) is 14.9 Å². The van der Waals surface area contributed by atoms with E-state index in [1.54, 1.807) is 49.5 Å². The van der Waals surface area contributed by atoms with E-state index in [1.807, 2.05) is 0 Å². The summed E-state index contributed by atoms with van der Waals surface area (Å²) < 4.78 is 19.1. The first kappa shape index (κ1) is 21.0. The number of amides is 3. The molecule has 1 aliphatic rings. The van der Waals surface area contributed by atoms with E-state index in [0.29, 0.717) is 11.3 Å². The number of urea groups is 1. The van der Waals surface area contributed by atoms with E-state index in [4.69, 9.17) is 0 Å². The molecule has 0 aromatic heterocycles. The molecule has 1 aliphatic heterocycles. The molecule has 2 N–H and O–H groups in total. The zero-order valence-electron chi connectivity index (χ0n) is 16.7. The first-order valence-corrected chi connectivity index (χ1v) is 9.18. The van der Waals surface area contributed by atoms with E-state index in [2.05, 4.69) is 20.4 Å². The van der Waals surface area contributed by atoms with Crippen molar-refractivity contribution in [3.05, 3.63) is 65.5 Å². The normalized spacial score (nSPS) is 16.7. The van der Waals surface area contributed by atoms with Gasteiger partial charge in [0.1, 0.15) is 11.9 Å². The summed E-state index contributed by atoms with van der Waals surface area (Å²) in [4.78, 5) is 42.6. The van der Waals surface area contributed by atoms with Gasteiger partial charge in [-0.25, -0.2) is 19.0 Å². The fourth-order valence-corrected chi connectivity index (χ4v) is 3.08. The highest BCUT2D eigenvalue weighted by atomic mass is 19.1. The summed E-state index contributed by atoms with van der Waals surface area (Å²) >= 11 is 0. The van der Waals surface area contributed by atoms with E-state index in [0.717, 1.165) is 0 Å². The number of hydrogen-bond acceptors (Lipinski definition) is 5. The number of nitrogens with one attached hydrogen (secondary N) is 2. The van der Waals surface area contributed by atoms with Gasteiger partial charge in [-0.2, -0.15) is 0 Å². The van der Waals surface area contributed by atoms with Gasteiger partial charge in [0.05, 0.1) is 18.5 Å². The van der Waals surface area contributed by atoms with Gasteiger partial charge >= 0.3 is 12.0 Å². The molecule has 2 aromatic rings. The lowest BCUT2D eigenvalue weighted by Gasteiger charge is -2.21. The van der Waals surface area contributed by atoms with Crippen LogP contribution in [0.15, 0.2) is 53.5 Å². The lowest BCUT2D eigenvalue weighted by Crippen LogP contribution is -2.52. The lowest BCUT2D eigenvalue weighted by atomic mass is 10.00. The predicted octanol–water partition coefficient (Wildman–Crippen LogP) is 1.83. The molecule has 30 heavy (non-hydrogen) atoms. The number of rotatable bonds is 4. The molecule has 8 nitrogen and oxygen atoms in total. The van der Waals surface area contributed by atoms with E-state index in [-0.39, 0.29) is 11.3 Å². The average Bonchev–Trinajstić information content (AvgIpc) is 2.84. The maximum Gasteiger partial charge on any atom is 0.328 e. The summed E-state index contributed by atoms with van der Waals surface area (Å²) in [5.74, 6) is -1.67. The number of aliphatic imine (C=N–C) groups is 1. The van der Waals surface area contributed by atoms with Gasteiger partial charge in [0.2, 0.25) is 6.17 Å². The number of halogens is 1. The van der Waals surface area contributed by atoms with Crippen molar-refractivity contribution in [1.82, 2.24) is 10.6 Å². The maximum atomic E-state index is 14.6. The minimum atomic E-state index is -1.33. The van der Waals surface area contributed by atoms with Crippen LogP contribution < -0.4 is 15.5 Å². The molecule has 2 aromatic carbocycles. The number of carbonyl (C=O) groups is 3. The van der Waals surface area contributed by atoms with Gasteiger partial charge in [-0.1, -0.05) is 30.3 Å². The SMILES string of the molecule is COC(=O)[C@@H](C)NC(=O)NC1N=C(c2ccccc2F)c2ccccc2N(C)C1=O. The number of ether oxygens (including phenoxy) is 1. The Morgan fingerprint density at radius 3 is 2.43 bits per heavy atom. The van der Waals surface area contributed by atoms with Crippen LogP contribution in [0.5, 0.6) is 0 Å². The highest BCUT2D eigenvalue weighted by molar-refractivity contribution is 6.20. The molecule has 156 valence electrons. The van der Waals surface area contributed by atoms with Gasteiger partial charge in [-0.05, 0) is 25.1 Å². The first-order chi connectivity index (χ1) is 14.3. The van der Waals surface area contributed by atoms with Crippen molar-refractivity contribution >= 4 is 29.3 Å². The number of esters is 1. The molecule has 2 atom stereocenters. The Hall–Kier alpha value is -3.75. The summed E-state index contributed by atoms with van der Waals surface area (Å²) in [7, 11) is 2.75. The smallest absolute Gasteiger partial charge is 0.328 e. The van der Waals surface area contributed by atoms with E-state index >= 15 is 0 Å². The van der Waals surface area contributed by atoms with E-state index in [1.165, 1.54) is 25.0 Å². The standard InChI is InChI=1S/C21H21FN4O4/c1-12(20(28)30-3)23-21(29)25-18-19(27)26(2)16-11-7-5-9-14(16)17(24-18)13-8-4-6-10-15(13)22/h4-12,18H,1-3H3,(H2,23,25,29)/t12-,18?/m1/s1. The number of anilines is 1. The zero-order valence-corrected chi connectivity index (χ0v) is 16.7. The predicted molar refractivity (Wildman–Crippen MR) is 109 cm³/mol. The number of carbonyl (C=O) groups excluding carboxylic acids is 3. The van der Waals surface area contributed by atoms with Crippen LogP contribution >= 0.6 is 0 Å². The van der Waals surface area contributed by atoms with Crippen molar-refractivity contribution in [3.63, 3.8) is 0 Å². The molecule has 3 amide bonds. The first-order valence-electron chi connectivity index (χ1n) is 9.18. The van der Waals surface area contributed by atoms with Gasteiger partial charge < -0.3 is 20.3 Å². The number of benzene rings is 2. The molecule has 0 saturated heterocycles. The number of benzodiazepines with no additional fused rings is 1. The summed E-state index contributed by atoms with van der Waals surface area (Å²) in [6.07, 6.45) is -1.33. The van der Waals surface area contributed by atoms with Crippen molar-refractivity contribution < 1.29 is 23.5 Å². The molecule has 0 aliphatic carbocycles. The zero-order chi connectivity index (χ0) is 21.8. The third kappa shape index (κ3) is 4.14. The third-order valence-electron chi connectivity index (χ3n) is 4.64. The summed E-state index contributed by atoms with van der Waals surface area (Å²) in [6, 6.07) is 11.3. The maximum absolute atomic E-state index is 14.6. The van der Waals surface area contributed by atoms with Gasteiger partial charge in [-0.15, -0.1) is 0 Å². The highest BCUT2D eigenvalue weighted by Crippen LogP contribution is 2.27. The Labute approximate surface area is 172 Å². The van der Waals surface area contributed by atoms with Crippen LogP contribution in [0.1, 0.15) is 18.1 Å². The average molecular weight is 412 g/mol. The molecular weight excluding hydrogens is 391 g/mol. The van der Waals surface area contributed by atoms with Crippen LogP contribution in [-0.2, 0) is 14.3 Å². The number of likely N-dealkylation sites (N-methyl/N-ethyl adjacent to an activating group) is 1. The van der Waals surface area contributed by atoms with Gasteiger partial charge in [0.25, 0.3) is 5.91 Å². The molecule has 0 bridgehead atoms. The molecule has 1 unspecified atom stereocenters. The number of nitrogens with zero attached hydrogens (tertiary/aromatic N) is 2. The second-order valence-corrected chi connectivity index (χ2v) is 6.64. The Morgan fingerprint density at radius 1 is 1.13 bits per heavy atom. The van der Waals surface area contributed by atoms with Gasteiger partial charge in [0, 0.05) is 18.2 Å². The Bertz CT molecular complexity index is 1020. The van der Waals surface area contributed by atoms with Crippen molar-refractivity contribution in [2.45, 2.75) is 19.1 Å². The monoisotopic (exact) mass is 412 g/mol. The van der Waals surface area contributed by atoms with E-state index in [9.17, 15) is 18.8 Å². The summed E-state index contributed by atoms with van der Waals surface area (Å²) in [5, 5.41) is 4.83. The highest BCUT2D eigenvalue weighted by Gasteiger charge is 2.32. The van der Waals surface area contributed by atoms with Crippen molar-refractivity contribution in [3.8, 4) is 0 Å². The van der Waals surface area contributed by atoms with Crippen LogP contribution in [-0.4, -0.2) is 50.0 Å². The molecule has 3 rings (SSSR count). The second kappa shape index (κ2) is 8.73. The molecular formula is C21H21FN4O4. The number of fused-ring (bicyclic) bond motifs is 1. The lowest BCUT2D eigenvalue weighted by molar-refractivity contribution is -0.142. The minimum absolute atomic E-state index is 0.197. The molecule has 9 heteroatoms. The number of hydrogen-bond donors (Lipinski definition) is 2. The van der Waals surface area contributed by atoms with Crippen LogP contribution in [0.3, 0.4) is 0 Å². The van der Waals surface area contributed by atoms with Crippen molar-refractivity contribution in [2.75, 3.05) is 19.1 Å². The number of para-hydroxylation sites is 1. The fourth-order valence-electron chi connectivity index (χ4n) is 3.08. The van der Waals surface area contributed by atoms with Gasteiger partial charge in [0.15, 0.2) is 0 Å². The van der Waals surface area contributed by atoms with Crippen LogP contribution in [0.2, 0.25) is 0 Å². The minimum Gasteiger partial charge on any atom is -0.467 e. The topological polar surface area (TPSA) is 100 Å². The quantitative estimate of drug-likeness (QED) is 0.749. The Kier molecular flexibility index (Phi) is 6.10. The Balaban J connectivity index is 2.01. The largest absolute Gasteiger partial charge is 0.467 e. The molecule has 0 fully saturated rings. The van der Waals surface area contributed by atoms with Crippen molar-refractivity contribution in [1.29, 1.82) is 0 Å². The van der Waals surface area contributed by atoms with Crippen LogP contribution in [0.25, 0.3) is 0 Å². The molecule has 0 radical (unpaired) electrons. The number of methoxy groups -OCH3 is 1. The Morgan fingerprint density at radius 2 is 1.77 bits per heavy atom. The summed E-state index contributed by atoms with van der Waals surface area (Å²) in [5.41, 5.74) is 1.50. The van der Waals surface area contributed by atoms with Crippen LogP contribution in [0, 0.1) is 5.82 Å². The molecule has 0 spiro atoms.